The predicted molar refractivity (Wildman–Crippen MR) is 94.1 cm³/mol. The molecule has 22 heavy (non-hydrogen) atoms. The molecule has 0 radical (unpaired) electrons. The number of hydrogen-bond donors (Lipinski definition) is 1. The fraction of sp³-hybridized carbons (Fsp3) is 0.588. The van der Waals surface area contributed by atoms with E-state index in [1.807, 2.05) is 17.8 Å². The van der Waals surface area contributed by atoms with Crippen LogP contribution < -0.4 is 5.32 Å². The maximum absolute atomic E-state index is 11.9. The highest BCUT2D eigenvalue weighted by atomic mass is 32.2. The highest BCUT2D eigenvalue weighted by Crippen LogP contribution is 2.12. The van der Waals surface area contributed by atoms with Gasteiger partial charge in [0.15, 0.2) is 0 Å². The van der Waals surface area contributed by atoms with E-state index in [0.29, 0.717) is 12.6 Å². The molecule has 1 aliphatic rings. The van der Waals surface area contributed by atoms with Gasteiger partial charge in [-0.2, -0.15) is 11.8 Å². The molecule has 1 atom stereocenters. The lowest BCUT2D eigenvalue weighted by Crippen LogP contribution is -2.38. The number of rotatable bonds is 8. The van der Waals surface area contributed by atoms with Crippen LogP contribution in [0.3, 0.4) is 0 Å². The van der Waals surface area contributed by atoms with E-state index in [1.54, 1.807) is 0 Å². The van der Waals surface area contributed by atoms with Gasteiger partial charge in [0, 0.05) is 37.2 Å². The van der Waals surface area contributed by atoms with Crippen molar-refractivity contribution in [1.82, 2.24) is 15.1 Å². The monoisotopic (exact) mass is 321 g/mol. The van der Waals surface area contributed by atoms with E-state index in [4.69, 9.17) is 0 Å². The lowest BCUT2D eigenvalue weighted by Gasteiger charge is -2.20. The van der Waals surface area contributed by atoms with Crippen LogP contribution in [-0.2, 0) is 10.5 Å². The van der Waals surface area contributed by atoms with Crippen LogP contribution in [0.1, 0.15) is 12.0 Å². The van der Waals surface area contributed by atoms with E-state index < -0.39 is 0 Å². The minimum atomic E-state index is 0.153. The number of nitrogens with zero attached hydrogens (tertiary/aromatic N) is 2. The fourth-order valence-electron chi connectivity index (χ4n) is 2.66. The summed E-state index contributed by atoms with van der Waals surface area (Å²) in [7, 11) is 4.22. The molecule has 1 amide bonds. The highest BCUT2D eigenvalue weighted by Gasteiger charge is 2.24. The number of amides is 1. The summed E-state index contributed by atoms with van der Waals surface area (Å²) in [6.45, 7) is 3.32. The van der Waals surface area contributed by atoms with Crippen LogP contribution in [-0.4, -0.2) is 67.8 Å². The van der Waals surface area contributed by atoms with Gasteiger partial charge in [-0.05, 0) is 26.1 Å². The summed E-state index contributed by atoms with van der Waals surface area (Å²) in [6.07, 6.45) is 1.16. The summed E-state index contributed by atoms with van der Waals surface area (Å²) < 4.78 is 0. The van der Waals surface area contributed by atoms with Gasteiger partial charge in [-0.15, -0.1) is 0 Å². The van der Waals surface area contributed by atoms with Crippen molar-refractivity contribution in [2.24, 2.45) is 0 Å². The summed E-state index contributed by atoms with van der Waals surface area (Å²) >= 11 is 1.86. The zero-order chi connectivity index (χ0) is 15.8. The maximum atomic E-state index is 11.9. The lowest BCUT2D eigenvalue weighted by atomic mass is 10.2. The first-order valence-corrected chi connectivity index (χ1v) is 9.08. The molecule has 5 heteroatoms. The summed E-state index contributed by atoms with van der Waals surface area (Å²) in [5.41, 5.74) is 1.34. The van der Waals surface area contributed by atoms with Crippen molar-refractivity contribution in [1.29, 1.82) is 0 Å². The topological polar surface area (TPSA) is 35.6 Å². The maximum Gasteiger partial charge on any atom is 0.234 e. The summed E-state index contributed by atoms with van der Waals surface area (Å²) in [6, 6.07) is 11.0. The van der Waals surface area contributed by atoms with Gasteiger partial charge in [0.1, 0.15) is 0 Å². The largest absolute Gasteiger partial charge is 0.354 e. The number of carbonyl (C=O) groups excluding carboxylic acids is 1. The molecule has 1 saturated heterocycles. The summed E-state index contributed by atoms with van der Waals surface area (Å²) in [4.78, 5) is 16.4. The average Bonchev–Trinajstić information content (AvgIpc) is 2.96. The van der Waals surface area contributed by atoms with Gasteiger partial charge in [-0.1, -0.05) is 30.3 Å². The molecule has 0 spiro atoms. The van der Waals surface area contributed by atoms with E-state index in [2.05, 4.69) is 53.5 Å². The van der Waals surface area contributed by atoms with Gasteiger partial charge >= 0.3 is 0 Å². The van der Waals surface area contributed by atoms with Crippen molar-refractivity contribution in [2.45, 2.75) is 18.2 Å². The number of likely N-dealkylation sites (tertiary alicyclic amines) is 1. The average molecular weight is 321 g/mol. The minimum absolute atomic E-state index is 0.153. The Morgan fingerprint density at radius 2 is 2.14 bits per heavy atom. The Labute approximate surface area is 138 Å². The van der Waals surface area contributed by atoms with Gasteiger partial charge in [-0.25, -0.2) is 0 Å². The summed E-state index contributed by atoms with van der Waals surface area (Å²) in [5, 5.41) is 3.02. The Bertz CT molecular complexity index is 452. The van der Waals surface area contributed by atoms with Gasteiger partial charge < -0.3 is 10.2 Å². The number of likely N-dealkylation sites (N-methyl/N-ethyl adjacent to an activating group) is 1. The van der Waals surface area contributed by atoms with Crippen LogP contribution in [0.4, 0.5) is 0 Å². The third-order valence-electron chi connectivity index (χ3n) is 4.03. The van der Waals surface area contributed by atoms with Gasteiger partial charge in [-0.3, -0.25) is 9.69 Å². The van der Waals surface area contributed by atoms with Crippen molar-refractivity contribution < 1.29 is 4.79 Å². The first kappa shape index (κ1) is 17.3. The molecule has 1 fully saturated rings. The third kappa shape index (κ3) is 5.99. The van der Waals surface area contributed by atoms with Crippen molar-refractivity contribution in [2.75, 3.05) is 46.0 Å². The number of nitrogens with one attached hydrogen (secondary N) is 1. The van der Waals surface area contributed by atoms with Crippen molar-refractivity contribution in [3.05, 3.63) is 35.9 Å². The third-order valence-corrected chi connectivity index (χ3v) is 5.06. The van der Waals surface area contributed by atoms with E-state index in [9.17, 15) is 4.79 Å². The lowest BCUT2D eigenvalue weighted by molar-refractivity contribution is -0.121. The predicted octanol–water partition coefficient (Wildman–Crippen LogP) is 1.67. The molecule has 0 bridgehead atoms. The second-order valence-electron chi connectivity index (χ2n) is 6.03. The van der Waals surface area contributed by atoms with Crippen LogP contribution in [0.15, 0.2) is 30.3 Å². The molecular weight excluding hydrogens is 294 g/mol. The Balaban J connectivity index is 1.53. The van der Waals surface area contributed by atoms with Crippen LogP contribution in [0.2, 0.25) is 0 Å². The SMILES string of the molecule is CN(C)[C@H]1CCN(CC(=O)NCCSCc2ccccc2)C1. The second-order valence-corrected chi connectivity index (χ2v) is 7.13. The number of thioether (sulfide) groups is 1. The van der Waals surface area contributed by atoms with Crippen LogP contribution in [0, 0.1) is 0 Å². The number of hydrogen-bond acceptors (Lipinski definition) is 4. The van der Waals surface area contributed by atoms with E-state index in [1.165, 1.54) is 5.56 Å². The number of benzene rings is 1. The van der Waals surface area contributed by atoms with Crippen molar-refractivity contribution in [3.63, 3.8) is 0 Å². The van der Waals surface area contributed by atoms with Gasteiger partial charge in [0.2, 0.25) is 5.91 Å². The zero-order valence-electron chi connectivity index (χ0n) is 13.6. The molecule has 1 aliphatic heterocycles. The van der Waals surface area contributed by atoms with Crippen LogP contribution >= 0.6 is 11.8 Å². The molecule has 1 aromatic carbocycles. The molecule has 0 aliphatic carbocycles. The van der Waals surface area contributed by atoms with Crippen LogP contribution in [0.5, 0.6) is 0 Å². The van der Waals surface area contributed by atoms with Crippen LogP contribution in [0.25, 0.3) is 0 Å². The molecule has 122 valence electrons. The molecular formula is C17H27N3OS. The smallest absolute Gasteiger partial charge is 0.234 e. The normalized spacial score (nSPS) is 18.8. The Hall–Kier alpha value is -1.04. The Kier molecular flexibility index (Phi) is 7.22. The molecule has 1 N–H and O–H groups in total. The highest BCUT2D eigenvalue weighted by molar-refractivity contribution is 7.98. The quantitative estimate of drug-likeness (QED) is 0.739. The second kappa shape index (κ2) is 9.18. The van der Waals surface area contributed by atoms with E-state index >= 15 is 0 Å². The Morgan fingerprint density at radius 1 is 1.36 bits per heavy atom. The molecule has 1 aromatic rings. The van der Waals surface area contributed by atoms with E-state index in [-0.39, 0.29) is 5.91 Å². The molecule has 2 rings (SSSR count). The standard InChI is InChI=1S/C17H27N3OS/c1-19(2)16-8-10-20(12-16)13-17(21)18-9-11-22-14-15-6-4-3-5-7-15/h3-7,16H,8-14H2,1-2H3,(H,18,21)/t16-/m0/s1. The molecule has 0 aromatic heterocycles. The number of carbonyl (C=O) groups is 1. The van der Waals surface area contributed by atoms with E-state index in [0.717, 1.165) is 37.6 Å². The summed E-state index contributed by atoms with van der Waals surface area (Å²) in [5.74, 6) is 2.12. The molecule has 4 nitrogen and oxygen atoms in total. The first-order valence-electron chi connectivity index (χ1n) is 7.92. The Morgan fingerprint density at radius 3 is 2.82 bits per heavy atom. The zero-order valence-corrected chi connectivity index (χ0v) is 14.4. The minimum Gasteiger partial charge on any atom is -0.354 e. The molecule has 0 saturated carbocycles. The first-order chi connectivity index (χ1) is 10.6. The fourth-order valence-corrected chi connectivity index (χ4v) is 3.48. The molecule has 0 unspecified atom stereocenters. The van der Waals surface area contributed by atoms with Gasteiger partial charge in [0.25, 0.3) is 0 Å². The van der Waals surface area contributed by atoms with Crippen molar-refractivity contribution in [3.8, 4) is 0 Å². The molecule has 1 heterocycles. The van der Waals surface area contributed by atoms with Gasteiger partial charge in [0.05, 0.1) is 6.54 Å². The van der Waals surface area contributed by atoms with Crippen molar-refractivity contribution >= 4 is 17.7 Å².